The molecule has 1 aromatic heterocycles. The Morgan fingerprint density at radius 1 is 1.59 bits per heavy atom. The number of hydrogen-bond donors (Lipinski definition) is 1. The smallest absolute Gasteiger partial charge is 0.190 e. The molecule has 1 N–H and O–H groups in total. The zero-order chi connectivity index (χ0) is 12.3. The highest BCUT2D eigenvalue weighted by molar-refractivity contribution is 7.98. The molecule has 0 bridgehead atoms. The van der Waals surface area contributed by atoms with E-state index in [-0.39, 0.29) is 0 Å². The van der Waals surface area contributed by atoms with E-state index in [2.05, 4.69) is 27.2 Å². The van der Waals surface area contributed by atoms with Gasteiger partial charge in [0.25, 0.3) is 0 Å². The molecule has 1 fully saturated rings. The first-order valence-corrected chi connectivity index (χ1v) is 7.28. The molecule has 1 atom stereocenters. The molecule has 2 rings (SSSR count). The molecule has 1 unspecified atom stereocenters. The first-order valence-electron chi connectivity index (χ1n) is 5.68. The molecule has 0 spiro atoms. The molecule has 1 saturated heterocycles. The third-order valence-corrected chi connectivity index (χ3v) is 3.66. The maximum Gasteiger partial charge on any atom is 0.190 e. The van der Waals surface area contributed by atoms with Crippen LogP contribution < -0.4 is 5.32 Å². The fourth-order valence-electron chi connectivity index (χ4n) is 2.02. The summed E-state index contributed by atoms with van der Waals surface area (Å²) in [6, 6.07) is 1.78. The van der Waals surface area contributed by atoms with Crippen molar-refractivity contribution in [2.24, 2.45) is 5.92 Å². The van der Waals surface area contributed by atoms with Crippen molar-refractivity contribution in [2.75, 3.05) is 38.3 Å². The summed E-state index contributed by atoms with van der Waals surface area (Å²) in [5.41, 5.74) is 0. The number of nitrogens with one attached hydrogen (secondary N) is 1. The van der Waals surface area contributed by atoms with Crippen LogP contribution in [0.4, 0.5) is 5.82 Å². The van der Waals surface area contributed by atoms with Crippen LogP contribution in [0, 0.1) is 5.92 Å². The van der Waals surface area contributed by atoms with Gasteiger partial charge >= 0.3 is 0 Å². The van der Waals surface area contributed by atoms with Crippen molar-refractivity contribution >= 4 is 29.2 Å². The fourth-order valence-corrected chi connectivity index (χ4v) is 2.63. The number of nitrogens with zero attached hydrogens (tertiary/aromatic N) is 3. The van der Waals surface area contributed by atoms with Gasteiger partial charge in [0.15, 0.2) is 5.16 Å². The van der Waals surface area contributed by atoms with E-state index in [1.807, 2.05) is 6.26 Å². The second-order valence-corrected chi connectivity index (χ2v) is 5.52. The quantitative estimate of drug-likeness (QED) is 0.517. The Hall–Kier alpha value is -0.520. The van der Waals surface area contributed by atoms with E-state index < -0.39 is 0 Å². The maximum atomic E-state index is 5.93. The lowest BCUT2D eigenvalue weighted by Gasteiger charge is -2.12. The van der Waals surface area contributed by atoms with E-state index in [0.29, 0.717) is 16.2 Å². The molecular weight excluding hydrogens is 256 g/mol. The van der Waals surface area contributed by atoms with Gasteiger partial charge in [-0.25, -0.2) is 9.97 Å². The highest BCUT2D eigenvalue weighted by Crippen LogP contribution is 2.19. The van der Waals surface area contributed by atoms with E-state index in [4.69, 9.17) is 11.6 Å². The van der Waals surface area contributed by atoms with E-state index in [1.165, 1.54) is 24.7 Å². The number of thioether (sulfide) groups is 1. The van der Waals surface area contributed by atoms with Crippen LogP contribution in [0.5, 0.6) is 0 Å². The summed E-state index contributed by atoms with van der Waals surface area (Å²) in [5.74, 6) is 1.52. The molecule has 17 heavy (non-hydrogen) atoms. The second kappa shape index (κ2) is 5.89. The molecule has 0 saturated carbocycles. The largest absolute Gasteiger partial charge is 0.370 e. The molecular formula is C11H17ClN4S. The Balaban J connectivity index is 1.92. The minimum atomic E-state index is 0.496. The van der Waals surface area contributed by atoms with Crippen molar-refractivity contribution in [3.8, 4) is 0 Å². The van der Waals surface area contributed by atoms with Crippen LogP contribution in [0.3, 0.4) is 0 Å². The third kappa shape index (κ3) is 3.72. The van der Waals surface area contributed by atoms with E-state index in [1.54, 1.807) is 6.07 Å². The van der Waals surface area contributed by atoms with Crippen LogP contribution in [0.25, 0.3) is 0 Å². The summed E-state index contributed by atoms with van der Waals surface area (Å²) in [6.45, 7) is 3.29. The molecule has 1 aliphatic heterocycles. The minimum Gasteiger partial charge on any atom is -0.370 e. The number of hydrogen-bond acceptors (Lipinski definition) is 5. The van der Waals surface area contributed by atoms with Crippen LogP contribution in [-0.2, 0) is 0 Å². The first kappa shape index (κ1) is 12.9. The van der Waals surface area contributed by atoms with Gasteiger partial charge in [-0.3, -0.25) is 0 Å². The van der Waals surface area contributed by atoms with Gasteiger partial charge in [-0.05, 0) is 32.2 Å². The Bertz CT molecular complexity index is 388. The van der Waals surface area contributed by atoms with Gasteiger partial charge in [-0.2, -0.15) is 0 Å². The molecule has 94 valence electrons. The predicted octanol–water partition coefficient (Wildman–Crippen LogP) is 2.22. The second-order valence-electron chi connectivity index (χ2n) is 4.36. The molecule has 1 aliphatic rings. The lowest BCUT2D eigenvalue weighted by molar-refractivity contribution is 0.399. The standard InChI is InChI=1S/C11H17ClN4S/c1-16-4-3-8(7-16)6-13-10-5-9(12)14-11(15-10)17-2/h5,8H,3-4,6-7H2,1-2H3,(H,13,14,15). The summed E-state index contributed by atoms with van der Waals surface area (Å²) in [5, 5.41) is 4.55. The lowest BCUT2D eigenvalue weighted by Crippen LogP contribution is -2.19. The van der Waals surface area contributed by atoms with Crippen molar-refractivity contribution in [1.29, 1.82) is 0 Å². The van der Waals surface area contributed by atoms with Crippen LogP contribution in [0.1, 0.15) is 6.42 Å². The average molecular weight is 273 g/mol. The van der Waals surface area contributed by atoms with E-state index in [9.17, 15) is 0 Å². The Labute approximate surface area is 111 Å². The van der Waals surface area contributed by atoms with Crippen LogP contribution in [0.15, 0.2) is 11.2 Å². The SMILES string of the molecule is CSc1nc(Cl)cc(NCC2CCN(C)C2)n1. The molecule has 2 heterocycles. The zero-order valence-electron chi connectivity index (χ0n) is 10.1. The zero-order valence-corrected chi connectivity index (χ0v) is 11.7. The van der Waals surface area contributed by atoms with E-state index >= 15 is 0 Å². The summed E-state index contributed by atoms with van der Waals surface area (Å²) < 4.78 is 0. The van der Waals surface area contributed by atoms with Gasteiger partial charge in [0, 0.05) is 19.2 Å². The van der Waals surface area contributed by atoms with Crippen molar-refractivity contribution in [2.45, 2.75) is 11.6 Å². The minimum absolute atomic E-state index is 0.496. The normalized spacial score (nSPS) is 20.8. The highest BCUT2D eigenvalue weighted by Gasteiger charge is 2.19. The number of likely N-dealkylation sites (tertiary alicyclic amines) is 1. The van der Waals surface area contributed by atoms with Gasteiger partial charge in [-0.1, -0.05) is 23.4 Å². The molecule has 4 nitrogen and oxygen atoms in total. The van der Waals surface area contributed by atoms with Crippen molar-refractivity contribution in [3.05, 3.63) is 11.2 Å². The first-order chi connectivity index (χ1) is 8.17. The monoisotopic (exact) mass is 272 g/mol. The Kier molecular flexibility index (Phi) is 4.48. The van der Waals surface area contributed by atoms with Crippen LogP contribution >= 0.6 is 23.4 Å². The summed E-state index contributed by atoms with van der Waals surface area (Å²) >= 11 is 7.44. The highest BCUT2D eigenvalue weighted by atomic mass is 35.5. The molecule has 6 heteroatoms. The topological polar surface area (TPSA) is 41.1 Å². The summed E-state index contributed by atoms with van der Waals surface area (Å²) in [7, 11) is 2.16. The number of anilines is 1. The lowest BCUT2D eigenvalue weighted by atomic mass is 10.1. The van der Waals surface area contributed by atoms with Crippen LogP contribution in [0.2, 0.25) is 5.15 Å². The number of aromatic nitrogens is 2. The molecule has 0 aromatic carbocycles. The van der Waals surface area contributed by atoms with Crippen molar-refractivity contribution < 1.29 is 0 Å². The van der Waals surface area contributed by atoms with Crippen molar-refractivity contribution in [1.82, 2.24) is 14.9 Å². The van der Waals surface area contributed by atoms with Crippen molar-refractivity contribution in [3.63, 3.8) is 0 Å². The molecule has 1 aromatic rings. The Morgan fingerprint density at radius 3 is 3.06 bits per heavy atom. The summed E-state index contributed by atoms with van der Waals surface area (Å²) in [4.78, 5) is 10.8. The van der Waals surface area contributed by atoms with Gasteiger partial charge in [0.05, 0.1) is 0 Å². The third-order valence-electron chi connectivity index (χ3n) is 2.92. The maximum absolute atomic E-state index is 5.93. The van der Waals surface area contributed by atoms with Gasteiger partial charge < -0.3 is 10.2 Å². The van der Waals surface area contributed by atoms with Crippen LogP contribution in [-0.4, -0.2) is 47.8 Å². The molecule has 0 radical (unpaired) electrons. The fraction of sp³-hybridized carbons (Fsp3) is 0.636. The predicted molar refractivity (Wildman–Crippen MR) is 72.9 cm³/mol. The molecule has 0 amide bonds. The average Bonchev–Trinajstić information content (AvgIpc) is 2.72. The Morgan fingerprint density at radius 2 is 2.41 bits per heavy atom. The summed E-state index contributed by atoms with van der Waals surface area (Å²) in [6.07, 6.45) is 3.19. The number of rotatable bonds is 4. The number of halogens is 1. The van der Waals surface area contributed by atoms with Gasteiger partial charge in [0.2, 0.25) is 0 Å². The molecule has 0 aliphatic carbocycles. The van der Waals surface area contributed by atoms with Gasteiger partial charge in [-0.15, -0.1) is 0 Å². The van der Waals surface area contributed by atoms with Gasteiger partial charge in [0.1, 0.15) is 11.0 Å². The van der Waals surface area contributed by atoms with E-state index in [0.717, 1.165) is 18.9 Å².